The molecule has 0 saturated heterocycles. The van der Waals surface area contributed by atoms with Crippen molar-refractivity contribution in [3.05, 3.63) is 28.8 Å². The summed E-state index contributed by atoms with van der Waals surface area (Å²) in [6, 6.07) is 4.51. The molecule has 2 N–H and O–H groups in total. The summed E-state index contributed by atoms with van der Waals surface area (Å²) in [6.07, 6.45) is 0.613. The molecule has 0 heterocycles. The molecule has 5 nitrogen and oxygen atoms in total. The summed E-state index contributed by atoms with van der Waals surface area (Å²) in [6.45, 7) is 1.58. The second kappa shape index (κ2) is 4.22. The quantitative estimate of drug-likeness (QED) is 0.881. The van der Waals surface area contributed by atoms with Gasteiger partial charge in [0.25, 0.3) is 0 Å². The summed E-state index contributed by atoms with van der Waals surface area (Å²) in [5, 5.41) is 9.32. The van der Waals surface area contributed by atoms with Crippen LogP contribution >= 0.6 is 11.6 Å². The molecule has 0 aliphatic heterocycles. The molecule has 1 fully saturated rings. The van der Waals surface area contributed by atoms with E-state index in [1.165, 1.54) is 12.1 Å². The van der Waals surface area contributed by atoms with Gasteiger partial charge in [0.2, 0.25) is 10.0 Å². The second-order valence-corrected chi connectivity index (χ2v) is 6.41. The number of nitrogens with one attached hydrogen (secondary N) is 1. The van der Waals surface area contributed by atoms with E-state index in [1.807, 2.05) is 0 Å². The van der Waals surface area contributed by atoms with Crippen LogP contribution in [0.4, 0.5) is 0 Å². The van der Waals surface area contributed by atoms with Crippen LogP contribution in [-0.2, 0) is 14.8 Å². The summed E-state index contributed by atoms with van der Waals surface area (Å²) in [7, 11) is -3.87. The molecule has 98 valence electrons. The van der Waals surface area contributed by atoms with Crippen molar-refractivity contribution in [2.45, 2.75) is 30.2 Å². The lowest BCUT2D eigenvalue weighted by Gasteiger charge is -2.14. The van der Waals surface area contributed by atoms with Crippen molar-refractivity contribution in [3.63, 3.8) is 0 Å². The van der Waals surface area contributed by atoms with Gasteiger partial charge in [-0.25, -0.2) is 8.42 Å². The fourth-order valence-corrected chi connectivity index (χ4v) is 3.59. The highest BCUT2D eigenvalue weighted by Crippen LogP contribution is 2.37. The fourth-order valence-electron chi connectivity index (χ4n) is 1.68. The first kappa shape index (κ1) is 13.3. The summed E-state index contributed by atoms with van der Waals surface area (Å²) in [5.41, 5.74) is -0.930. The number of aliphatic carboxylic acids is 1. The molecule has 0 radical (unpaired) electrons. The van der Waals surface area contributed by atoms with Crippen LogP contribution in [0.3, 0.4) is 0 Å². The van der Waals surface area contributed by atoms with Crippen LogP contribution in [0, 0.1) is 6.92 Å². The Morgan fingerprint density at radius 3 is 2.56 bits per heavy atom. The Kier molecular flexibility index (Phi) is 3.12. The molecule has 2 rings (SSSR count). The Labute approximate surface area is 110 Å². The molecule has 0 aromatic heterocycles. The number of carboxylic acids is 1. The second-order valence-electron chi connectivity index (χ2n) is 4.36. The topological polar surface area (TPSA) is 83.5 Å². The van der Waals surface area contributed by atoms with Crippen LogP contribution in [0.25, 0.3) is 0 Å². The lowest BCUT2D eigenvalue weighted by atomic mass is 10.2. The molecular formula is C11H12ClNO4S. The van der Waals surface area contributed by atoms with Gasteiger partial charge >= 0.3 is 5.97 Å². The van der Waals surface area contributed by atoms with E-state index in [9.17, 15) is 13.2 Å². The van der Waals surface area contributed by atoms with Crippen molar-refractivity contribution in [2.24, 2.45) is 0 Å². The Bertz CT molecular complexity index is 607. The maximum atomic E-state index is 12.1. The molecule has 18 heavy (non-hydrogen) atoms. The number of sulfonamides is 1. The average Bonchev–Trinajstić information content (AvgIpc) is 3.02. The van der Waals surface area contributed by atoms with Gasteiger partial charge in [-0.3, -0.25) is 4.79 Å². The largest absolute Gasteiger partial charge is 0.480 e. The van der Waals surface area contributed by atoms with Gasteiger partial charge in [-0.2, -0.15) is 4.72 Å². The van der Waals surface area contributed by atoms with Gasteiger partial charge in [0, 0.05) is 5.02 Å². The van der Waals surface area contributed by atoms with Crippen molar-refractivity contribution < 1.29 is 18.3 Å². The molecule has 7 heteroatoms. The summed E-state index contributed by atoms with van der Waals surface area (Å²) in [5.74, 6) is -1.15. The van der Waals surface area contributed by atoms with Crippen LogP contribution in [0.1, 0.15) is 18.4 Å². The molecule has 0 atom stereocenters. The fraction of sp³-hybridized carbons (Fsp3) is 0.364. The predicted molar refractivity (Wildman–Crippen MR) is 66.1 cm³/mol. The lowest BCUT2D eigenvalue weighted by molar-refractivity contribution is -0.140. The Morgan fingerprint density at radius 2 is 2.06 bits per heavy atom. The average molecular weight is 290 g/mol. The Balaban J connectivity index is 2.38. The molecule has 1 aliphatic carbocycles. The highest BCUT2D eigenvalue weighted by atomic mass is 35.5. The van der Waals surface area contributed by atoms with Gasteiger partial charge in [-0.05, 0) is 37.5 Å². The highest BCUT2D eigenvalue weighted by Gasteiger charge is 2.53. The minimum Gasteiger partial charge on any atom is -0.480 e. The minimum absolute atomic E-state index is 0.0162. The standard InChI is InChI=1S/C11H12ClNO4S/c1-7-8(12)3-2-4-9(7)18(16,17)13-11(5-6-11)10(14)15/h2-4,13H,5-6H2,1H3,(H,14,15). The normalized spacial score (nSPS) is 17.4. The van der Waals surface area contributed by atoms with E-state index in [4.69, 9.17) is 16.7 Å². The van der Waals surface area contributed by atoms with Crippen molar-refractivity contribution >= 4 is 27.6 Å². The number of halogens is 1. The van der Waals surface area contributed by atoms with Crippen LogP contribution in [0.15, 0.2) is 23.1 Å². The maximum Gasteiger partial charge on any atom is 0.324 e. The molecule has 1 aromatic carbocycles. The first-order valence-electron chi connectivity index (χ1n) is 5.31. The van der Waals surface area contributed by atoms with E-state index in [2.05, 4.69) is 4.72 Å². The van der Waals surface area contributed by atoms with Crippen molar-refractivity contribution in [2.75, 3.05) is 0 Å². The van der Waals surface area contributed by atoms with Gasteiger partial charge in [0.1, 0.15) is 5.54 Å². The van der Waals surface area contributed by atoms with E-state index in [0.29, 0.717) is 23.4 Å². The van der Waals surface area contributed by atoms with Crippen molar-refractivity contribution in [3.8, 4) is 0 Å². The first-order chi connectivity index (χ1) is 8.28. The zero-order valence-corrected chi connectivity index (χ0v) is 11.2. The highest BCUT2D eigenvalue weighted by molar-refractivity contribution is 7.89. The van der Waals surface area contributed by atoms with Gasteiger partial charge in [0.15, 0.2) is 0 Å². The van der Waals surface area contributed by atoms with Gasteiger partial charge in [-0.1, -0.05) is 17.7 Å². The van der Waals surface area contributed by atoms with Crippen LogP contribution in [-0.4, -0.2) is 25.0 Å². The number of rotatable bonds is 4. The van der Waals surface area contributed by atoms with Gasteiger partial charge in [0.05, 0.1) is 4.90 Å². The lowest BCUT2D eigenvalue weighted by Crippen LogP contribution is -2.43. The number of hydrogen-bond donors (Lipinski definition) is 2. The molecule has 0 unspecified atom stereocenters. The number of carbonyl (C=O) groups is 1. The molecule has 0 amide bonds. The molecule has 0 bridgehead atoms. The van der Waals surface area contributed by atoms with Gasteiger partial charge in [-0.15, -0.1) is 0 Å². The van der Waals surface area contributed by atoms with E-state index >= 15 is 0 Å². The van der Waals surface area contributed by atoms with Crippen LogP contribution in [0.5, 0.6) is 0 Å². The van der Waals surface area contributed by atoms with E-state index < -0.39 is 21.5 Å². The molecular weight excluding hydrogens is 278 g/mol. The number of benzene rings is 1. The minimum atomic E-state index is -3.87. The third-order valence-electron chi connectivity index (χ3n) is 3.00. The number of carboxylic acid groups (broad SMARTS) is 1. The van der Waals surface area contributed by atoms with Gasteiger partial charge < -0.3 is 5.11 Å². The zero-order valence-electron chi connectivity index (χ0n) is 9.60. The van der Waals surface area contributed by atoms with E-state index in [-0.39, 0.29) is 4.90 Å². The predicted octanol–water partition coefficient (Wildman–Crippen LogP) is 1.54. The summed E-state index contributed by atoms with van der Waals surface area (Å²) < 4.78 is 26.5. The van der Waals surface area contributed by atoms with E-state index in [1.54, 1.807) is 13.0 Å². The smallest absolute Gasteiger partial charge is 0.324 e. The number of hydrogen-bond acceptors (Lipinski definition) is 3. The van der Waals surface area contributed by atoms with Crippen molar-refractivity contribution in [1.29, 1.82) is 0 Å². The third kappa shape index (κ3) is 2.23. The Hall–Kier alpha value is -1.11. The third-order valence-corrected chi connectivity index (χ3v) is 5.09. The van der Waals surface area contributed by atoms with Crippen LogP contribution in [0.2, 0.25) is 5.02 Å². The monoisotopic (exact) mass is 289 g/mol. The van der Waals surface area contributed by atoms with E-state index in [0.717, 1.165) is 0 Å². The molecule has 1 aromatic rings. The van der Waals surface area contributed by atoms with Crippen molar-refractivity contribution in [1.82, 2.24) is 4.72 Å². The SMILES string of the molecule is Cc1c(Cl)cccc1S(=O)(=O)NC1(C(=O)O)CC1. The summed E-state index contributed by atoms with van der Waals surface area (Å²) >= 11 is 5.86. The maximum absolute atomic E-state index is 12.1. The molecule has 0 spiro atoms. The molecule has 1 saturated carbocycles. The van der Waals surface area contributed by atoms with Crippen LogP contribution < -0.4 is 4.72 Å². The summed E-state index contributed by atoms with van der Waals surface area (Å²) in [4.78, 5) is 11.0. The first-order valence-corrected chi connectivity index (χ1v) is 7.17. The Morgan fingerprint density at radius 1 is 1.44 bits per heavy atom. The molecule has 1 aliphatic rings. The zero-order chi connectivity index (χ0) is 13.6.